The molecule has 0 saturated carbocycles. The molecule has 0 bridgehead atoms. The van der Waals surface area contributed by atoms with E-state index in [1.165, 1.54) is 0 Å². The van der Waals surface area contributed by atoms with Gasteiger partial charge >= 0.3 is 5.97 Å². The number of esters is 1. The topological polar surface area (TPSA) is 75.6 Å². The van der Waals surface area contributed by atoms with Gasteiger partial charge in [0.2, 0.25) is 0 Å². The molecular formula is C27H27NO4. The Morgan fingerprint density at radius 3 is 2.25 bits per heavy atom. The molecule has 3 aromatic rings. The Balaban J connectivity index is 1.56. The number of carbonyl (C=O) groups is 2. The molecule has 0 aromatic heterocycles. The highest BCUT2D eigenvalue weighted by Crippen LogP contribution is 2.37. The minimum atomic E-state index is -1.27. The van der Waals surface area contributed by atoms with Gasteiger partial charge in [-0.2, -0.15) is 0 Å². The van der Waals surface area contributed by atoms with Gasteiger partial charge in [-0.3, -0.25) is 4.79 Å². The van der Waals surface area contributed by atoms with E-state index in [1.807, 2.05) is 48.5 Å². The first-order valence-corrected chi connectivity index (χ1v) is 10.7. The number of nitrogens with one attached hydrogen (secondary N) is 1. The molecule has 0 saturated heterocycles. The zero-order valence-corrected chi connectivity index (χ0v) is 18.3. The average molecular weight is 430 g/mol. The van der Waals surface area contributed by atoms with Gasteiger partial charge in [0.1, 0.15) is 12.2 Å². The fraction of sp³-hybridized carbons (Fsp3) is 0.259. The quantitative estimate of drug-likeness (QED) is 0.548. The van der Waals surface area contributed by atoms with E-state index in [0.29, 0.717) is 23.1 Å². The molecule has 5 nitrogen and oxygen atoms in total. The Labute approximate surface area is 188 Å². The van der Waals surface area contributed by atoms with Crippen molar-refractivity contribution in [1.29, 1.82) is 0 Å². The summed E-state index contributed by atoms with van der Waals surface area (Å²) in [4.78, 5) is 24.5. The number of carbonyl (C=O) groups excluding carboxylic acids is 2. The van der Waals surface area contributed by atoms with E-state index in [-0.39, 0.29) is 30.4 Å². The van der Waals surface area contributed by atoms with Gasteiger partial charge in [-0.05, 0) is 41.2 Å². The van der Waals surface area contributed by atoms with Crippen molar-refractivity contribution in [2.75, 3.05) is 6.54 Å². The molecule has 0 aliphatic carbocycles. The molecule has 1 heterocycles. The van der Waals surface area contributed by atoms with Crippen molar-refractivity contribution in [2.45, 2.75) is 37.9 Å². The van der Waals surface area contributed by atoms with Gasteiger partial charge in [0, 0.05) is 11.1 Å². The summed E-state index contributed by atoms with van der Waals surface area (Å²) in [7, 11) is 0. The van der Waals surface area contributed by atoms with E-state index in [1.54, 1.807) is 18.2 Å². The normalized spacial score (nSPS) is 14.9. The first kappa shape index (κ1) is 21.8. The van der Waals surface area contributed by atoms with Crippen molar-refractivity contribution in [1.82, 2.24) is 5.32 Å². The Morgan fingerprint density at radius 2 is 1.59 bits per heavy atom. The maximum Gasteiger partial charge on any atom is 0.338 e. The molecule has 2 N–H and O–H groups in total. The van der Waals surface area contributed by atoms with Crippen molar-refractivity contribution in [2.24, 2.45) is 0 Å². The lowest BCUT2D eigenvalue weighted by Gasteiger charge is -2.37. The fourth-order valence-electron chi connectivity index (χ4n) is 4.34. The van der Waals surface area contributed by atoms with E-state index in [9.17, 15) is 14.7 Å². The largest absolute Gasteiger partial charge is 0.457 e. The van der Waals surface area contributed by atoms with Crippen LogP contribution in [0.3, 0.4) is 0 Å². The van der Waals surface area contributed by atoms with Crippen LogP contribution in [0.4, 0.5) is 0 Å². The highest BCUT2D eigenvalue weighted by Gasteiger charge is 2.37. The molecule has 4 rings (SSSR count). The molecule has 164 valence electrons. The molecule has 1 amide bonds. The first-order chi connectivity index (χ1) is 15.3. The lowest BCUT2D eigenvalue weighted by molar-refractivity contribution is 0.00914. The summed E-state index contributed by atoms with van der Waals surface area (Å²) >= 11 is 0. The Bertz CT molecular complexity index is 1120. The van der Waals surface area contributed by atoms with Crippen LogP contribution in [0.2, 0.25) is 0 Å². The van der Waals surface area contributed by atoms with E-state index in [2.05, 4.69) is 31.3 Å². The lowest BCUT2D eigenvalue weighted by atomic mass is 9.73. The lowest BCUT2D eigenvalue weighted by Crippen LogP contribution is -2.44. The standard InChI is InChI=1S/C27H27NO4/c1-26(2,21-9-5-3-6-10-21)17-27(31,22-11-7-4-8-12-22)18-28-24(29)19-13-14-23-20(15-19)16-32-25(23)30/h3-15,31H,16-18H2,1-2H3,(H,28,29)/t27-/m0/s1. The van der Waals surface area contributed by atoms with Gasteiger partial charge in [-0.25, -0.2) is 4.79 Å². The summed E-state index contributed by atoms with van der Waals surface area (Å²) < 4.78 is 5.02. The van der Waals surface area contributed by atoms with Crippen LogP contribution >= 0.6 is 0 Å². The van der Waals surface area contributed by atoms with Crippen LogP contribution in [0, 0.1) is 0 Å². The van der Waals surface area contributed by atoms with E-state index in [4.69, 9.17) is 4.74 Å². The van der Waals surface area contributed by atoms with Gasteiger partial charge in [-0.15, -0.1) is 0 Å². The number of hydrogen-bond donors (Lipinski definition) is 2. The summed E-state index contributed by atoms with van der Waals surface area (Å²) in [5, 5.41) is 14.7. The second-order valence-corrected chi connectivity index (χ2v) is 8.96. The SMILES string of the molecule is CC(C)(C[C@](O)(CNC(=O)c1ccc2c(c1)COC2=O)c1ccccc1)c1ccccc1. The molecule has 1 atom stereocenters. The summed E-state index contributed by atoms with van der Waals surface area (Å²) in [5.74, 6) is -0.674. The molecule has 0 fully saturated rings. The van der Waals surface area contributed by atoms with Gasteiger partial charge in [0.05, 0.1) is 12.1 Å². The number of hydrogen-bond acceptors (Lipinski definition) is 4. The van der Waals surface area contributed by atoms with Crippen LogP contribution in [-0.4, -0.2) is 23.5 Å². The maximum atomic E-state index is 12.9. The molecule has 1 aliphatic heterocycles. The molecule has 5 heteroatoms. The summed E-state index contributed by atoms with van der Waals surface area (Å²) in [6.45, 7) is 4.41. The van der Waals surface area contributed by atoms with Crippen LogP contribution < -0.4 is 5.32 Å². The van der Waals surface area contributed by atoms with Gasteiger partial charge in [0.15, 0.2) is 0 Å². The maximum absolute atomic E-state index is 12.9. The molecule has 1 aliphatic rings. The van der Waals surface area contributed by atoms with E-state index < -0.39 is 5.60 Å². The Kier molecular flexibility index (Phi) is 5.85. The molecule has 3 aromatic carbocycles. The van der Waals surface area contributed by atoms with E-state index >= 15 is 0 Å². The number of fused-ring (bicyclic) bond motifs is 1. The minimum Gasteiger partial charge on any atom is -0.457 e. The molecule has 32 heavy (non-hydrogen) atoms. The Morgan fingerprint density at radius 1 is 0.969 bits per heavy atom. The van der Waals surface area contributed by atoms with Crippen molar-refractivity contribution < 1.29 is 19.4 Å². The molecule has 0 spiro atoms. The molecule has 0 unspecified atom stereocenters. The first-order valence-electron chi connectivity index (χ1n) is 10.7. The van der Waals surface area contributed by atoms with Crippen LogP contribution in [-0.2, 0) is 22.4 Å². The second-order valence-electron chi connectivity index (χ2n) is 8.96. The van der Waals surface area contributed by atoms with Crippen LogP contribution in [0.25, 0.3) is 0 Å². The zero-order valence-electron chi connectivity index (χ0n) is 18.3. The third kappa shape index (κ3) is 4.43. The summed E-state index contributed by atoms with van der Waals surface area (Å²) in [6, 6.07) is 24.4. The number of rotatable bonds is 7. The monoisotopic (exact) mass is 429 g/mol. The second kappa shape index (κ2) is 8.60. The average Bonchev–Trinajstić information content (AvgIpc) is 3.18. The zero-order chi connectivity index (χ0) is 22.8. The fourth-order valence-corrected chi connectivity index (χ4v) is 4.34. The van der Waals surface area contributed by atoms with Crippen molar-refractivity contribution in [3.8, 4) is 0 Å². The minimum absolute atomic E-state index is 0.0542. The van der Waals surface area contributed by atoms with Crippen molar-refractivity contribution >= 4 is 11.9 Å². The number of cyclic esters (lactones) is 1. The van der Waals surface area contributed by atoms with Crippen LogP contribution in [0.5, 0.6) is 0 Å². The van der Waals surface area contributed by atoms with Crippen LogP contribution in [0.1, 0.15) is 57.7 Å². The highest BCUT2D eigenvalue weighted by atomic mass is 16.5. The molecule has 0 radical (unpaired) electrons. The van der Waals surface area contributed by atoms with Crippen molar-refractivity contribution in [3.05, 3.63) is 107 Å². The third-order valence-electron chi connectivity index (χ3n) is 6.09. The number of ether oxygens (including phenoxy) is 1. The third-order valence-corrected chi connectivity index (χ3v) is 6.09. The van der Waals surface area contributed by atoms with Gasteiger partial charge < -0.3 is 15.2 Å². The van der Waals surface area contributed by atoms with Gasteiger partial charge in [0.25, 0.3) is 5.91 Å². The van der Waals surface area contributed by atoms with Crippen molar-refractivity contribution in [3.63, 3.8) is 0 Å². The molecular weight excluding hydrogens is 402 g/mol. The summed E-state index contributed by atoms with van der Waals surface area (Å²) in [5.41, 5.74) is 1.88. The van der Waals surface area contributed by atoms with Crippen LogP contribution in [0.15, 0.2) is 78.9 Å². The highest BCUT2D eigenvalue weighted by molar-refractivity contribution is 5.98. The smallest absolute Gasteiger partial charge is 0.338 e. The number of amides is 1. The summed E-state index contributed by atoms with van der Waals surface area (Å²) in [6.07, 6.45) is 0.417. The predicted molar refractivity (Wildman–Crippen MR) is 122 cm³/mol. The van der Waals surface area contributed by atoms with E-state index in [0.717, 1.165) is 11.1 Å². The predicted octanol–water partition coefficient (Wildman–Crippen LogP) is 4.34. The number of aliphatic hydroxyl groups is 1. The van der Waals surface area contributed by atoms with Gasteiger partial charge in [-0.1, -0.05) is 74.5 Å². The Hall–Kier alpha value is -3.44. The number of benzene rings is 3.